The molecule has 0 bridgehead atoms. The van der Waals surface area contributed by atoms with Crippen molar-refractivity contribution in [2.45, 2.75) is 6.42 Å². The van der Waals surface area contributed by atoms with Gasteiger partial charge in [0.1, 0.15) is 0 Å². The zero-order valence-corrected chi connectivity index (χ0v) is 7.43. The van der Waals surface area contributed by atoms with Gasteiger partial charge in [0.25, 0.3) is 10.1 Å². The van der Waals surface area contributed by atoms with E-state index in [9.17, 15) is 13.2 Å². The molecule has 72 valence electrons. The van der Waals surface area contributed by atoms with Gasteiger partial charge in [0, 0.05) is 6.54 Å². The van der Waals surface area contributed by atoms with E-state index in [1.165, 1.54) is 0 Å². The molecule has 0 aromatic carbocycles. The summed E-state index contributed by atoms with van der Waals surface area (Å²) in [5, 5.41) is 10.2. The van der Waals surface area contributed by atoms with E-state index in [-0.39, 0.29) is 13.2 Å². The summed E-state index contributed by atoms with van der Waals surface area (Å²) in [6.45, 7) is 0.184. The molecule has 0 spiro atoms. The number of amides is 1. The van der Waals surface area contributed by atoms with Crippen LogP contribution in [0.4, 0.5) is 4.79 Å². The lowest BCUT2D eigenvalue weighted by atomic mass is 10.5. The third-order valence-electron chi connectivity index (χ3n) is 0.895. The zero-order valence-electron chi connectivity index (χ0n) is 6.61. The predicted molar refractivity (Wildman–Crippen MR) is 41.4 cm³/mol. The van der Waals surface area contributed by atoms with Crippen LogP contribution in [0.2, 0.25) is 0 Å². The highest BCUT2D eigenvalue weighted by atomic mass is 32.2. The lowest BCUT2D eigenvalue weighted by Crippen LogP contribution is -2.23. The van der Waals surface area contributed by atoms with Crippen LogP contribution in [-0.2, 0) is 14.3 Å². The molecule has 1 amide bonds. The minimum atomic E-state index is -3.40. The van der Waals surface area contributed by atoms with Crippen LogP contribution in [0.1, 0.15) is 6.42 Å². The van der Waals surface area contributed by atoms with Crippen LogP contribution in [-0.4, -0.2) is 39.0 Å². The van der Waals surface area contributed by atoms with Gasteiger partial charge in [-0.3, -0.25) is 4.18 Å². The lowest BCUT2D eigenvalue weighted by Gasteiger charge is -2.00. The lowest BCUT2D eigenvalue weighted by molar-refractivity contribution is 0.193. The van der Waals surface area contributed by atoms with Crippen LogP contribution in [0.15, 0.2) is 0 Å². The van der Waals surface area contributed by atoms with Crippen molar-refractivity contribution in [2.75, 3.05) is 19.4 Å². The maximum absolute atomic E-state index is 10.4. The van der Waals surface area contributed by atoms with E-state index < -0.39 is 16.2 Å². The standard InChI is InChI=1S/C5H11NO5S/c1-12(9,10)11-4-2-3-6-5(7)8/h6H,2-4H2,1H3,(H,7,8). The monoisotopic (exact) mass is 197 g/mol. The number of carbonyl (C=O) groups is 1. The molecular formula is C5H11NO5S. The van der Waals surface area contributed by atoms with Crippen LogP contribution in [0.3, 0.4) is 0 Å². The summed E-state index contributed by atoms with van der Waals surface area (Å²) in [5.41, 5.74) is 0. The Bertz CT molecular complexity index is 234. The van der Waals surface area contributed by atoms with Gasteiger partial charge >= 0.3 is 6.09 Å². The van der Waals surface area contributed by atoms with Crippen LogP contribution in [0, 0.1) is 0 Å². The third kappa shape index (κ3) is 9.18. The van der Waals surface area contributed by atoms with Gasteiger partial charge in [0.2, 0.25) is 0 Å². The summed E-state index contributed by atoms with van der Waals surface area (Å²) >= 11 is 0. The van der Waals surface area contributed by atoms with E-state index in [4.69, 9.17) is 5.11 Å². The van der Waals surface area contributed by atoms with Gasteiger partial charge in [0.15, 0.2) is 0 Å². The molecule has 7 heteroatoms. The van der Waals surface area contributed by atoms with Gasteiger partial charge in [-0.25, -0.2) is 4.79 Å². The van der Waals surface area contributed by atoms with Crippen LogP contribution >= 0.6 is 0 Å². The fraction of sp³-hybridized carbons (Fsp3) is 0.800. The van der Waals surface area contributed by atoms with Crippen molar-refractivity contribution in [1.82, 2.24) is 5.32 Å². The molecule has 0 unspecified atom stereocenters. The molecule has 0 radical (unpaired) electrons. The Morgan fingerprint density at radius 2 is 2.17 bits per heavy atom. The maximum atomic E-state index is 10.4. The first-order valence-electron chi connectivity index (χ1n) is 3.23. The Morgan fingerprint density at radius 3 is 2.58 bits per heavy atom. The van der Waals surface area contributed by atoms with Gasteiger partial charge in [-0.2, -0.15) is 8.42 Å². The molecule has 0 aliphatic rings. The molecular weight excluding hydrogens is 186 g/mol. The molecule has 6 nitrogen and oxygen atoms in total. The van der Waals surface area contributed by atoms with Crippen molar-refractivity contribution in [1.29, 1.82) is 0 Å². The molecule has 0 heterocycles. The van der Waals surface area contributed by atoms with Crippen LogP contribution in [0.25, 0.3) is 0 Å². The summed E-state index contributed by atoms with van der Waals surface area (Å²) in [5.74, 6) is 0. The average molecular weight is 197 g/mol. The molecule has 0 aromatic rings. The molecule has 0 rings (SSSR count). The first-order valence-corrected chi connectivity index (χ1v) is 5.04. The third-order valence-corrected chi connectivity index (χ3v) is 1.49. The van der Waals surface area contributed by atoms with Gasteiger partial charge in [-0.05, 0) is 6.42 Å². The molecule has 0 saturated heterocycles. The Morgan fingerprint density at radius 1 is 1.58 bits per heavy atom. The molecule has 12 heavy (non-hydrogen) atoms. The second-order valence-electron chi connectivity index (χ2n) is 2.11. The Labute approximate surface area is 70.7 Å². The van der Waals surface area contributed by atoms with Gasteiger partial charge < -0.3 is 10.4 Å². The fourth-order valence-electron chi connectivity index (χ4n) is 0.478. The number of rotatable bonds is 5. The molecule has 2 N–H and O–H groups in total. The van der Waals surface area contributed by atoms with Crippen molar-refractivity contribution < 1.29 is 22.5 Å². The van der Waals surface area contributed by atoms with Crippen molar-refractivity contribution in [3.63, 3.8) is 0 Å². The minimum Gasteiger partial charge on any atom is -0.465 e. The first kappa shape index (κ1) is 11.2. The van der Waals surface area contributed by atoms with E-state index in [0.29, 0.717) is 6.42 Å². The average Bonchev–Trinajstić information content (AvgIpc) is 1.83. The van der Waals surface area contributed by atoms with E-state index in [1.807, 2.05) is 0 Å². The zero-order chi connectivity index (χ0) is 9.61. The molecule has 0 aromatic heterocycles. The number of nitrogens with one attached hydrogen (secondary N) is 1. The highest BCUT2D eigenvalue weighted by molar-refractivity contribution is 7.85. The Hall–Kier alpha value is -0.820. The fourth-order valence-corrected chi connectivity index (χ4v) is 0.898. The molecule has 0 saturated carbocycles. The number of carboxylic acid groups (broad SMARTS) is 1. The summed E-state index contributed by atoms with van der Waals surface area (Å²) in [4.78, 5) is 9.89. The quantitative estimate of drug-likeness (QED) is 0.463. The summed E-state index contributed by atoms with van der Waals surface area (Å²) in [6.07, 6.45) is 0.145. The van der Waals surface area contributed by atoms with Gasteiger partial charge in [-0.15, -0.1) is 0 Å². The van der Waals surface area contributed by atoms with Crippen LogP contribution < -0.4 is 5.32 Å². The maximum Gasteiger partial charge on any atom is 0.404 e. The van der Waals surface area contributed by atoms with Gasteiger partial charge in [-0.1, -0.05) is 0 Å². The summed E-state index contributed by atoms with van der Waals surface area (Å²) < 4.78 is 25.1. The topological polar surface area (TPSA) is 92.7 Å². The Kier molecular flexibility index (Phi) is 4.60. The van der Waals surface area contributed by atoms with E-state index >= 15 is 0 Å². The minimum absolute atomic E-state index is 0.000880. The molecule has 0 atom stereocenters. The molecule has 0 fully saturated rings. The van der Waals surface area contributed by atoms with Crippen LogP contribution in [0.5, 0.6) is 0 Å². The largest absolute Gasteiger partial charge is 0.465 e. The number of hydrogen-bond acceptors (Lipinski definition) is 4. The normalized spacial score (nSPS) is 11.1. The van der Waals surface area contributed by atoms with Gasteiger partial charge in [0.05, 0.1) is 12.9 Å². The van der Waals surface area contributed by atoms with E-state index in [1.54, 1.807) is 0 Å². The van der Waals surface area contributed by atoms with Crippen molar-refractivity contribution >= 4 is 16.2 Å². The summed E-state index contributed by atoms with van der Waals surface area (Å²) in [6, 6.07) is 0. The first-order chi connectivity index (χ1) is 5.42. The predicted octanol–water partition coefficient (Wildman–Crippen LogP) is -0.380. The smallest absolute Gasteiger partial charge is 0.404 e. The van der Waals surface area contributed by atoms with E-state index in [2.05, 4.69) is 9.50 Å². The highest BCUT2D eigenvalue weighted by Crippen LogP contribution is 1.88. The van der Waals surface area contributed by atoms with E-state index in [0.717, 1.165) is 6.26 Å². The highest BCUT2D eigenvalue weighted by Gasteiger charge is 2.00. The van der Waals surface area contributed by atoms with Crippen molar-refractivity contribution in [3.8, 4) is 0 Å². The molecule has 0 aliphatic heterocycles. The second kappa shape index (κ2) is 4.94. The molecule has 0 aliphatic carbocycles. The second-order valence-corrected chi connectivity index (χ2v) is 3.76. The van der Waals surface area contributed by atoms with Crippen molar-refractivity contribution in [2.24, 2.45) is 0 Å². The van der Waals surface area contributed by atoms with Crippen molar-refractivity contribution in [3.05, 3.63) is 0 Å². The summed E-state index contributed by atoms with van der Waals surface area (Å²) in [7, 11) is -3.40. The Balaban J connectivity index is 3.29. The number of hydrogen-bond donors (Lipinski definition) is 2. The SMILES string of the molecule is CS(=O)(=O)OCCCNC(=O)O.